The second-order valence-corrected chi connectivity index (χ2v) is 5.53. The minimum absolute atomic E-state index is 0.0500. The van der Waals surface area contributed by atoms with E-state index in [1.54, 1.807) is 11.3 Å². The van der Waals surface area contributed by atoms with E-state index in [0.29, 0.717) is 6.54 Å². The molecular formula is C13H18N4O2S. The van der Waals surface area contributed by atoms with Crippen LogP contribution in [0.5, 0.6) is 0 Å². The number of hydrogen-bond acceptors (Lipinski definition) is 5. The number of anilines is 2. The van der Waals surface area contributed by atoms with Crippen LogP contribution in [0.3, 0.4) is 0 Å². The van der Waals surface area contributed by atoms with Gasteiger partial charge in [-0.1, -0.05) is 13.0 Å². The van der Waals surface area contributed by atoms with E-state index in [2.05, 4.69) is 10.3 Å². The average Bonchev–Trinajstić information content (AvgIpc) is 2.93. The Morgan fingerprint density at radius 3 is 2.85 bits per heavy atom. The average molecular weight is 294 g/mol. The Kier molecular flexibility index (Phi) is 4.29. The van der Waals surface area contributed by atoms with Crippen LogP contribution in [0.1, 0.15) is 31.2 Å². The van der Waals surface area contributed by atoms with Gasteiger partial charge in [0.2, 0.25) is 0 Å². The Morgan fingerprint density at radius 2 is 2.25 bits per heavy atom. The van der Waals surface area contributed by atoms with Crippen molar-refractivity contribution in [3.05, 3.63) is 43.2 Å². The van der Waals surface area contributed by atoms with Crippen LogP contribution in [-0.4, -0.2) is 9.55 Å². The summed E-state index contributed by atoms with van der Waals surface area (Å²) >= 11 is 1.60. The van der Waals surface area contributed by atoms with Crippen LogP contribution in [0.2, 0.25) is 0 Å². The molecule has 0 aliphatic rings. The maximum absolute atomic E-state index is 11.9. The van der Waals surface area contributed by atoms with Crippen molar-refractivity contribution in [3.8, 4) is 0 Å². The van der Waals surface area contributed by atoms with Crippen LogP contribution in [0.15, 0.2) is 27.1 Å². The minimum atomic E-state index is -0.483. The fraction of sp³-hybridized carbons (Fsp3) is 0.385. The summed E-state index contributed by atoms with van der Waals surface area (Å²) < 4.78 is 1.38. The summed E-state index contributed by atoms with van der Waals surface area (Å²) in [6.45, 7) is 4.36. The van der Waals surface area contributed by atoms with Crippen molar-refractivity contribution in [2.75, 3.05) is 11.1 Å². The first-order valence-electron chi connectivity index (χ1n) is 6.47. The number of thiophene rings is 1. The molecule has 20 heavy (non-hydrogen) atoms. The molecule has 2 aromatic rings. The molecule has 0 aliphatic heterocycles. The summed E-state index contributed by atoms with van der Waals surface area (Å²) in [6.07, 6.45) is 0.760. The fourth-order valence-electron chi connectivity index (χ4n) is 2.00. The first kappa shape index (κ1) is 14.4. The summed E-state index contributed by atoms with van der Waals surface area (Å²) in [5, 5.41) is 5.06. The minimum Gasteiger partial charge on any atom is -0.383 e. The number of nitrogen functional groups attached to an aromatic ring is 1. The number of nitrogens with zero attached hydrogens (tertiary/aromatic N) is 1. The zero-order chi connectivity index (χ0) is 14.7. The van der Waals surface area contributed by atoms with Gasteiger partial charge in [0.1, 0.15) is 11.5 Å². The molecule has 0 saturated heterocycles. The summed E-state index contributed by atoms with van der Waals surface area (Å²) in [5.41, 5.74) is 5.25. The Hall–Kier alpha value is -2.02. The third kappa shape index (κ3) is 2.77. The Bertz CT molecular complexity index is 687. The highest BCUT2D eigenvalue weighted by atomic mass is 32.1. The maximum Gasteiger partial charge on any atom is 0.330 e. The van der Waals surface area contributed by atoms with Crippen molar-refractivity contribution < 1.29 is 0 Å². The molecule has 2 rings (SSSR count). The molecule has 0 aliphatic carbocycles. The number of aromatic nitrogens is 2. The third-order valence-electron chi connectivity index (χ3n) is 3.02. The highest BCUT2D eigenvalue weighted by Crippen LogP contribution is 2.23. The van der Waals surface area contributed by atoms with Gasteiger partial charge in [0.15, 0.2) is 0 Å². The number of aromatic amines is 1. The van der Waals surface area contributed by atoms with Crippen LogP contribution in [-0.2, 0) is 6.54 Å². The molecule has 1 atom stereocenters. The highest BCUT2D eigenvalue weighted by molar-refractivity contribution is 7.10. The molecule has 108 valence electrons. The largest absolute Gasteiger partial charge is 0.383 e. The molecule has 0 aromatic carbocycles. The molecule has 0 spiro atoms. The molecule has 0 saturated carbocycles. The Balaban J connectivity index is 2.39. The van der Waals surface area contributed by atoms with Crippen molar-refractivity contribution in [3.63, 3.8) is 0 Å². The molecule has 6 nitrogen and oxygen atoms in total. The first-order chi connectivity index (χ1) is 9.54. The van der Waals surface area contributed by atoms with Gasteiger partial charge in [0.05, 0.1) is 6.04 Å². The quantitative estimate of drug-likeness (QED) is 0.783. The standard InChI is InChI=1S/C13H18N4O2S/c1-3-6-17-11(14)10(12(18)16-13(17)19)15-8(2)9-5-4-7-20-9/h4-5,7-8,15H,3,6,14H2,1-2H3,(H,16,18,19). The lowest BCUT2D eigenvalue weighted by molar-refractivity contribution is 0.641. The van der Waals surface area contributed by atoms with E-state index in [4.69, 9.17) is 5.73 Å². The van der Waals surface area contributed by atoms with Gasteiger partial charge in [-0.3, -0.25) is 14.3 Å². The molecule has 0 amide bonds. The van der Waals surface area contributed by atoms with Gasteiger partial charge < -0.3 is 11.1 Å². The molecule has 0 radical (unpaired) electrons. The normalized spacial score (nSPS) is 12.3. The Labute approximate surface area is 120 Å². The van der Waals surface area contributed by atoms with Crippen molar-refractivity contribution >= 4 is 22.8 Å². The number of hydrogen-bond donors (Lipinski definition) is 3. The van der Waals surface area contributed by atoms with Gasteiger partial charge in [-0.05, 0) is 24.8 Å². The van der Waals surface area contributed by atoms with Gasteiger partial charge >= 0.3 is 5.69 Å². The van der Waals surface area contributed by atoms with Gasteiger partial charge in [-0.25, -0.2) is 4.79 Å². The predicted molar refractivity (Wildman–Crippen MR) is 82.4 cm³/mol. The second-order valence-electron chi connectivity index (χ2n) is 4.55. The topological polar surface area (TPSA) is 92.9 Å². The van der Waals surface area contributed by atoms with Crippen LogP contribution in [0, 0.1) is 0 Å². The highest BCUT2D eigenvalue weighted by Gasteiger charge is 2.15. The van der Waals surface area contributed by atoms with E-state index < -0.39 is 11.2 Å². The van der Waals surface area contributed by atoms with E-state index in [9.17, 15) is 9.59 Å². The van der Waals surface area contributed by atoms with E-state index >= 15 is 0 Å². The lowest BCUT2D eigenvalue weighted by atomic mass is 10.2. The van der Waals surface area contributed by atoms with E-state index in [1.165, 1.54) is 4.57 Å². The van der Waals surface area contributed by atoms with Gasteiger partial charge in [-0.2, -0.15) is 0 Å². The number of rotatable bonds is 5. The van der Waals surface area contributed by atoms with Crippen LogP contribution >= 0.6 is 11.3 Å². The molecule has 0 bridgehead atoms. The third-order valence-corrected chi connectivity index (χ3v) is 4.07. The van der Waals surface area contributed by atoms with Crippen molar-refractivity contribution in [2.24, 2.45) is 0 Å². The van der Waals surface area contributed by atoms with Gasteiger partial charge in [0.25, 0.3) is 5.56 Å². The van der Waals surface area contributed by atoms with Crippen molar-refractivity contribution in [1.29, 1.82) is 0 Å². The number of nitrogens with two attached hydrogens (primary N) is 1. The second kappa shape index (κ2) is 5.96. The zero-order valence-electron chi connectivity index (χ0n) is 11.5. The van der Waals surface area contributed by atoms with Crippen LogP contribution in [0.4, 0.5) is 11.5 Å². The first-order valence-corrected chi connectivity index (χ1v) is 7.35. The summed E-state index contributed by atoms with van der Waals surface area (Å²) in [6, 6.07) is 3.88. The molecular weight excluding hydrogens is 276 g/mol. The molecule has 2 aromatic heterocycles. The molecule has 2 heterocycles. The predicted octanol–water partition coefficient (Wildman–Crippen LogP) is 1.76. The monoisotopic (exact) mass is 294 g/mol. The Morgan fingerprint density at radius 1 is 1.50 bits per heavy atom. The van der Waals surface area contributed by atoms with E-state index in [0.717, 1.165) is 11.3 Å². The summed E-state index contributed by atoms with van der Waals surface area (Å²) in [4.78, 5) is 27.0. The molecule has 1 unspecified atom stereocenters. The summed E-state index contributed by atoms with van der Waals surface area (Å²) in [7, 11) is 0. The molecule has 7 heteroatoms. The molecule has 4 N–H and O–H groups in total. The SMILES string of the molecule is CCCn1c(N)c(NC(C)c2cccs2)c(=O)[nH]c1=O. The van der Waals surface area contributed by atoms with Crippen molar-refractivity contribution in [2.45, 2.75) is 32.9 Å². The lowest BCUT2D eigenvalue weighted by Crippen LogP contribution is -2.34. The number of nitrogens with one attached hydrogen (secondary N) is 2. The van der Waals surface area contributed by atoms with Gasteiger partial charge in [-0.15, -0.1) is 11.3 Å². The zero-order valence-corrected chi connectivity index (χ0v) is 12.3. The van der Waals surface area contributed by atoms with Gasteiger partial charge in [0, 0.05) is 11.4 Å². The van der Waals surface area contributed by atoms with E-state index in [-0.39, 0.29) is 17.5 Å². The summed E-state index contributed by atoms with van der Waals surface area (Å²) in [5.74, 6) is 0.184. The fourth-order valence-corrected chi connectivity index (χ4v) is 2.73. The van der Waals surface area contributed by atoms with E-state index in [1.807, 2.05) is 31.4 Å². The van der Waals surface area contributed by atoms with Crippen LogP contribution in [0.25, 0.3) is 0 Å². The lowest BCUT2D eigenvalue weighted by Gasteiger charge is -2.17. The van der Waals surface area contributed by atoms with Crippen LogP contribution < -0.4 is 22.3 Å². The molecule has 0 fully saturated rings. The maximum atomic E-state index is 11.9. The van der Waals surface area contributed by atoms with Crippen molar-refractivity contribution in [1.82, 2.24) is 9.55 Å². The smallest absolute Gasteiger partial charge is 0.330 e. The number of H-pyrrole nitrogens is 1.